The molecular weight excluding hydrogens is 424 g/mol. The Bertz CT molecular complexity index is 1000. The van der Waals surface area contributed by atoms with Crippen molar-refractivity contribution >= 4 is 18.0 Å². The zero-order chi connectivity index (χ0) is 23.4. The van der Waals surface area contributed by atoms with Crippen molar-refractivity contribution in [2.75, 3.05) is 19.8 Å². The van der Waals surface area contributed by atoms with E-state index in [0.717, 1.165) is 22.3 Å². The van der Waals surface area contributed by atoms with E-state index >= 15 is 0 Å². The summed E-state index contributed by atoms with van der Waals surface area (Å²) in [5, 5.41) is 14.6. The summed E-state index contributed by atoms with van der Waals surface area (Å²) in [4.78, 5) is 36.5. The van der Waals surface area contributed by atoms with Crippen molar-refractivity contribution in [3.8, 4) is 11.1 Å². The molecule has 1 heterocycles. The van der Waals surface area contributed by atoms with Crippen molar-refractivity contribution in [1.82, 2.24) is 10.6 Å². The molecule has 2 amide bonds. The lowest BCUT2D eigenvalue weighted by molar-refractivity contribution is -0.140. The fourth-order valence-corrected chi connectivity index (χ4v) is 4.65. The van der Waals surface area contributed by atoms with Gasteiger partial charge in [0.05, 0.1) is 12.0 Å². The molecule has 4 rings (SSSR count). The third-order valence-electron chi connectivity index (χ3n) is 6.40. The Morgan fingerprint density at radius 2 is 1.64 bits per heavy atom. The number of carboxylic acids is 1. The molecule has 0 saturated carbocycles. The molecule has 0 spiro atoms. The van der Waals surface area contributed by atoms with Crippen LogP contribution in [0.15, 0.2) is 48.5 Å². The minimum atomic E-state index is -0.991. The smallest absolute Gasteiger partial charge is 0.407 e. The zero-order valence-corrected chi connectivity index (χ0v) is 18.5. The molecule has 1 aliphatic carbocycles. The van der Waals surface area contributed by atoms with E-state index in [1.54, 1.807) is 6.92 Å². The van der Waals surface area contributed by atoms with E-state index in [9.17, 15) is 19.5 Å². The molecule has 8 heteroatoms. The first-order chi connectivity index (χ1) is 15.9. The highest BCUT2D eigenvalue weighted by molar-refractivity contribution is 5.86. The summed E-state index contributed by atoms with van der Waals surface area (Å²) in [6.07, 6.45) is -0.0793. The van der Waals surface area contributed by atoms with Gasteiger partial charge in [-0.3, -0.25) is 9.59 Å². The second-order valence-electron chi connectivity index (χ2n) is 8.64. The van der Waals surface area contributed by atoms with E-state index in [2.05, 4.69) is 22.8 Å². The summed E-state index contributed by atoms with van der Waals surface area (Å²) in [6, 6.07) is 15.2. The second-order valence-corrected chi connectivity index (χ2v) is 8.64. The number of benzene rings is 2. The van der Waals surface area contributed by atoms with Gasteiger partial charge in [-0.1, -0.05) is 48.5 Å². The average Bonchev–Trinajstić information content (AvgIpc) is 3.11. The van der Waals surface area contributed by atoms with Gasteiger partial charge in [-0.15, -0.1) is 0 Å². The summed E-state index contributed by atoms with van der Waals surface area (Å²) >= 11 is 0. The van der Waals surface area contributed by atoms with Gasteiger partial charge in [0.1, 0.15) is 12.6 Å². The van der Waals surface area contributed by atoms with Gasteiger partial charge >= 0.3 is 12.1 Å². The molecule has 33 heavy (non-hydrogen) atoms. The number of alkyl carbamates (subject to hydrolysis) is 1. The van der Waals surface area contributed by atoms with Crippen molar-refractivity contribution in [3.63, 3.8) is 0 Å². The van der Waals surface area contributed by atoms with Gasteiger partial charge in [0.15, 0.2) is 0 Å². The van der Waals surface area contributed by atoms with Crippen LogP contribution in [0.3, 0.4) is 0 Å². The first-order valence-corrected chi connectivity index (χ1v) is 11.1. The molecule has 2 aromatic carbocycles. The Morgan fingerprint density at radius 1 is 1.06 bits per heavy atom. The molecule has 0 aromatic heterocycles. The second kappa shape index (κ2) is 9.62. The molecule has 2 aliphatic rings. The first-order valence-electron chi connectivity index (χ1n) is 11.1. The third-order valence-corrected chi connectivity index (χ3v) is 6.40. The van der Waals surface area contributed by atoms with E-state index in [0.29, 0.717) is 26.1 Å². The number of ether oxygens (including phenoxy) is 2. The van der Waals surface area contributed by atoms with Crippen molar-refractivity contribution in [2.24, 2.45) is 0 Å². The Hall–Kier alpha value is -3.39. The average molecular weight is 453 g/mol. The highest BCUT2D eigenvalue weighted by atomic mass is 16.5. The number of carbonyl (C=O) groups excluding carboxylic acids is 2. The summed E-state index contributed by atoms with van der Waals surface area (Å²) in [5.74, 6) is -1.52. The number of fused-ring (bicyclic) bond motifs is 3. The van der Waals surface area contributed by atoms with Gasteiger partial charge in [0.25, 0.3) is 0 Å². The van der Waals surface area contributed by atoms with Crippen LogP contribution in [0.25, 0.3) is 11.1 Å². The number of hydrogen-bond acceptors (Lipinski definition) is 5. The van der Waals surface area contributed by atoms with Crippen LogP contribution in [0.2, 0.25) is 0 Å². The summed E-state index contributed by atoms with van der Waals surface area (Å²) in [7, 11) is 0. The van der Waals surface area contributed by atoms with Gasteiger partial charge in [-0.05, 0) is 42.0 Å². The van der Waals surface area contributed by atoms with E-state index in [1.165, 1.54) is 0 Å². The largest absolute Gasteiger partial charge is 0.481 e. The molecule has 174 valence electrons. The Kier molecular flexibility index (Phi) is 6.65. The number of amides is 2. The third kappa shape index (κ3) is 5.01. The lowest BCUT2D eigenvalue weighted by Gasteiger charge is -2.37. The van der Waals surface area contributed by atoms with Crippen molar-refractivity contribution in [2.45, 2.75) is 43.7 Å². The van der Waals surface area contributed by atoms with Gasteiger partial charge in [0.2, 0.25) is 5.91 Å². The van der Waals surface area contributed by atoms with Gasteiger partial charge in [-0.2, -0.15) is 0 Å². The Labute approximate surface area is 192 Å². The molecule has 1 fully saturated rings. The SMILES string of the molecule is C[C@H](NC(=O)OCC1c2ccccc2-c2ccccc21)C(=O)NC1(CC(=O)O)CCOCC1. The van der Waals surface area contributed by atoms with Gasteiger partial charge in [-0.25, -0.2) is 4.79 Å². The van der Waals surface area contributed by atoms with Gasteiger partial charge < -0.3 is 25.2 Å². The molecule has 1 saturated heterocycles. The van der Waals surface area contributed by atoms with Crippen LogP contribution in [-0.4, -0.2) is 54.5 Å². The van der Waals surface area contributed by atoms with E-state index in [-0.39, 0.29) is 18.9 Å². The van der Waals surface area contributed by atoms with E-state index in [4.69, 9.17) is 9.47 Å². The monoisotopic (exact) mass is 452 g/mol. The molecule has 2 aromatic rings. The lowest BCUT2D eigenvalue weighted by atomic mass is 9.86. The Morgan fingerprint density at radius 3 is 2.21 bits per heavy atom. The highest BCUT2D eigenvalue weighted by Crippen LogP contribution is 2.44. The fourth-order valence-electron chi connectivity index (χ4n) is 4.65. The highest BCUT2D eigenvalue weighted by Gasteiger charge is 2.37. The van der Waals surface area contributed by atoms with Crippen molar-refractivity contribution in [3.05, 3.63) is 59.7 Å². The van der Waals surface area contributed by atoms with Crippen LogP contribution >= 0.6 is 0 Å². The summed E-state index contributed by atoms with van der Waals surface area (Å²) in [5.41, 5.74) is 3.60. The number of carboxylic acid groups (broad SMARTS) is 1. The van der Waals surface area contributed by atoms with E-state index in [1.807, 2.05) is 36.4 Å². The molecule has 0 radical (unpaired) electrons. The molecule has 0 unspecified atom stereocenters. The fraction of sp³-hybridized carbons (Fsp3) is 0.400. The molecule has 0 bridgehead atoms. The summed E-state index contributed by atoms with van der Waals surface area (Å²) < 4.78 is 10.8. The number of hydrogen-bond donors (Lipinski definition) is 3. The topological polar surface area (TPSA) is 114 Å². The van der Waals surface area contributed by atoms with Crippen molar-refractivity contribution in [1.29, 1.82) is 0 Å². The lowest BCUT2D eigenvalue weighted by Crippen LogP contribution is -2.57. The predicted octanol–water partition coefficient (Wildman–Crippen LogP) is 3.05. The van der Waals surface area contributed by atoms with Crippen LogP contribution in [0.4, 0.5) is 4.79 Å². The maximum atomic E-state index is 12.7. The molecular formula is C25H28N2O6. The van der Waals surface area contributed by atoms with Crippen LogP contribution in [0, 0.1) is 0 Å². The van der Waals surface area contributed by atoms with Crippen LogP contribution in [-0.2, 0) is 19.1 Å². The number of rotatable bonds is 7. The number of aliphatic carboxylic acids is 1. The van der Waals surface area contributed by atoms with Crippen molar-refractivity contribution < 1.29 is 29.0 Å². The van der Waals surface area contributed by atoms with Crippen LogP contribution in [0.1, 0.15) is 43.2 Å². The molecule has 1 aliphatic heterocycles. The molecule has 1 atom stereocenters. The number of carbonyl (C=O) groups is 3. The predicted molar refractivity (Wildman–Crippen MR) is 121 cm³/mol. The van der Waals surface area contributed by atoms with Crippen LogP contribution in [0.5, 0.6) is 0 Å². The Balaban J connectivity index is 1.35. The van der Waals surface area contributed by atoms with E-state index < -0.39 is 29.6 Å². The summed E-state index contributed by atoms with van der Waals surface area (Å²) in [6.45, 7) is 2.45. The minimum Gasteiger partial charge on any atom is -0.481 e. The molecule has 8 nitrogen and oxygen atoms in total. The normalized spacial score (nSPS) is 17.4. The van der Waals surface area contributed by atoms with Gasteiger partial charge in [0, 0.05) is 19.1 Å². The minimum absolute atomic E-state index is 0.0756. The standard InChI is InChI=1S/C25H28N2O6/c1-16(23(30)27-25(14-22(28)29)10-12-32-13-11-25)26-24(31)33-15-21-19-8-4-2-6-17(19)18-7-3-5-9-20(18)21/h2-9,16,21H,10-15H2,1H3,(H,26,31)(H,27,30)(H,28,29)/t16-/m0/s1. The molecule has 3 N–H and O–H groups in total. The maximum Gasteiger partial charge on any atom is 0.407 e. The maximum absolute atomic E-state index is 12.7. The zero-order valence-electron chi connectivity index (χ0n) is 18.5. The first kappa shape index (κ1) is 22.8. The number of nitrogens with one attached hydrogen (secondary N) is 2. The quantitative estimate of drug-likeness (QED) is 0.595. The van der Waals surface area contributed by atoms with Crippen LogP contribution < -0.4 is 10.6 Å².